The molecule has 0 aliphatic heterocycles. The van der Waals surface area contributed by atoms with Crippen molar-refractivity contribution in [3.8, 4) is 0 Å². The third-order valence-corrected chi connectivity index (χ3v) is 21.2. The van der Waals surface area contributed by atoms with Gasteiger partial charge in [0.15, 0.2) is 6.10 Å². The van der Waals surface area contributed by atoms with Crippen molar-refractivity contribution < 1.29 is 42.1 Å². The minimum Gasteiger partial charge on any atom is -0.462 e. The van der Waals surface area contributed by atoms with Crippen molar-refractivity contribution in [1.29, 1.82) is 0 Å². The molecule has 0 aromatic heterocycles. The number of likely N-dealkylation sites (N-methyl/N-ethyl adjacent to an activating group) is 1. The largest absolute Gasteiger partial charge is 0.472 e. The maximum Gasteiger partial charge on any atom is 0.472 e. The van der Waals surface area contributed by atoms with E-state index in [0.717, 1.165) is 64.2 Å². The number of hydrogen-bond acceptors (Lipinski definition) is 7. The SMILES string of the molecule is CC/C=C\C/C=C\C/C=C\C/C=C\CCCCCCCCCCCCCCCCCCCCCCCCCCCCCCC(=O)OC(COC(=O)CCCCCCCCCCCCCCCCCCCCCCCCCCC/C=C\C/C=C\CCCCCCC)COP(=O)(O)OCC[N+](C)(C)C. The molecule has 10 heteroatoms. The van der Waals surface area contributed by atoms with Crippen LogP contribution >= 0.6 is 7.82 Å². The number of nitrogens with zero attached hydrogens (tertiary/aromatic N) is 1. The number of rotatable bonds is 84. The molecule has 102 heavy (non-hydrogen) atoms. The third kappa shape index (κ3) is 86.4. The molecule has 0 spiro atoms. The summed E-state index contributed by atoms with van der Waals surface area (Å²) in [7, 11) is 1.50. The Hall–Kier alpha value is -2.55. The van der Waals surface area contributed by atoms with E-state index in [0.29, 0.717) is 23.9 Å². The summed E-state index contributed by atoms with van der Waals surface area (Å²) < 4.78 is 34.9. The second kappa shape index (κ2) is 82.5. The Morgan fingerprint density at radius 2 is 0.559 bits per heavy atom. The normalized spacial score (nSPS) is 13.3. The van der Waals surface area contributed by atoms with Crippen molar-refractivity contribution in [2.24, 2.45) is 0 Å². The molecule has 0 saturated heterocycles. The molecule has 0 radical (unpaired) electrons. The molecule has 0 fully saturated rings. The quantitative estimate of drug-likeness (QED) is 0.0211. The van der Waals surface area contributed by atoms with Gasteiger partial charge in [-0.15, -0.1) is 0 Å². The van der Waals surface area contributed by atoms with Crippen molar-refractivity contribution in [3.05, 3.63) is 72.9 Å². The molecule has 0 rings (SSSR count). The van der Waals surface area contributed by atoms with Crippen LogP contribution < -0.4 is 0 Å². The number of unbranched alkanes of at least 4 members (excludes halogenated alkanes) is 58. The smallest absolute Gasteiger partial charge is 0.462 e. The van der Waals surface area contributed by atoms with Gasteiger partial charge < -0.3 is 18.9 Å². The van der Waals surface area contributed by atoms with Crippen molar-refractivity contribution in [1.82, 2.24) is 0 Å². The highest BCUT2D eigenvalue weighted by Gasteiger charge is 2.27. The first-order valence-electron chi connectivity index (χ1n) is 44.7. The van der Waals surface area contributed by atoms with Gasteiger partial charge in [-0.05, 0) is 83.5 Å². The molecule has 0 amide bonds. The first kappa shape index (κ1) is 99.5. The lowest BCUT2D eigenvalue weighted by atomic mass is 10.0. The topological polar surface area (TPSA) is 108 Å². The number of carbonyl (C=O) groups excluding carboxylic acids is 2. The molecule has 0 heterocycles. The summed E-state index contributed by atoms with van der Waals surface area (Å²) in [5.74, 6) is -0.770. The lowest BCUT2D eigenvalue weighted by Gasteiger charge is -2.24. The summed E-state index contributed by atoms with van der Waals surface area (Å²) in [6, 6.07) is 0. The van der Waals surface area contributed by atoms with Crippen LogP contribution in [0.4, 0.5) is 0 Å². The molecule has 0 aliphatic rings. The van der Waals surface area contributed by atoms with Gasteiger partial charge in [0.25, 0.3) is 0 Å². The fourth-order valence-corrected chi connectivity index (χ4v) is 14.2. The van der Waals surface area contributed by atoms with E-state index in [4.69, 9.17) is 18.5 Å². The number of quaternary nitrogens is 1. The average molecular weight is 1450 g/mol. The van der Waals surface area contributed by atoms with E-state index in [-0.39, 0.29) is 25.6 Å². The van der Waals surface area contributed by atoms with Gasteiger partial charge in [-0.1, -0.05) is 427 Å². The number of esters is 2. The fraction of sp³-hybridized carbons (Fsp3) is 0.848. The van der Waals surface area contributed by atoms with E-state index in [1.54, 1.807) is 0 Å². The number of hydrogen-bond donors (Lipinski definition) is 1. The third-order valence-electron chi connectivity index (χ3n) is 20.2. The zero-order valence-corrected chi connectivity index (χ0v) is 69.5. The Morgan fingerprint density at radius 3 is 0.833 bits per heavy atom. The van der Waals surface area contributed by atoms with Crippen molar-refractivity contribution in [2.45, 2.75) is 457 Å². The Kier molecular flexibility index (Phi) is 80.4. The van der Waals surface area contributed by atoms with E-state index in [1.807, 2.05) is 21.1 Å². The van der Waals surface area contributed by atoms with Gasteiger partial charge in [0.05, 0.1) is 27.7 Å². The lowest BCUT2D eigenvalue weighted by Crippen LogP contribution is -2.37. The van der Waals surface area contributed by atoms with Crippen LogP contribution in [0.5, 0.6) is 0 Å². The molecule has 598 valence electrons. The maximum absolute atomic E-state index is 12.9. The Bertz CT molecular complexity index is 1950. The van der Waals surface area contributed by atoms with Crippen LogP contribution in [0, 0.1) is 0 Å². The molecule has 0 saturated carbocycles. The van der Waals surface area contributed by atoms with Gasteiger partial charge in [-0.2, -0.15) is 0 Å². The molecule has 0 bridgehead atoms. The highest BCUT2D eigenvalue weighted by atomic mass is 31.2. The van der Waals surface area contributed by atoms with Crippen LogP contribution in [0.25, 0.3) is 0 Å². The average Bonchev–Trinajstić information content (AvgIpc) is 0.916. The van der Waals surface area contributed by atoms with E-state index in [9.17, 15) is 19.0 Å². The van der Waals surface area contributed by atoms with Gasteiger partial charge in [0.1, 0.15) is 19.8 Å². The van der Waals surface area contributed by atoms with Gasteiger partial charge >= 0.3 is 19.8 Å². The Labute approximate surface area is 635 Å². The summed E-state index contributed by atoms with van der Waals surface area (Å²) in [5, 5.41) is 0. The van der Waals surface area contributed by atoms with Crippen LogP contribution in [-0.4, -0.2) is 74.9 Å². The number of allylic oxidation sites excluding steroid dienone is 12. The summed E-state index contributed by atoms with van der Waals surface area (Å²) in [6.45, 7) is 4.39. The Morgan fingerprint density at radius 1 is 0.314 bits per heavy atom. The van der Waals surface area contributed by atoms with Crippen LogP contribution in [0.15, 0.2) is 72.9 Å². The summed E-state index contributed by atoms with van der Waals surface area (Å²) >= 11 is 0. The maximum atomic E-state index is 12.9. The molecule has 2 atom stereocenters. The molecule has 0 aromatic rings. The predicted molar refractivity (Wildman–Crippen MR) is 446 cm³/mol. The van der Waals surface area contributed by atoms with E-state index in [1.165, 1.54) is 353 Å². The van der Waals surface area contributed by atoms with E-state index < -0.39 is 26.5 Å². The zero-order valence-electron chi connectivity index (χ0n) is 68.6. The molecular formula is C92H173NO8P+. The monoisotopic (exact) mass is 1450 g/mol. The minimum absolute atomic E-state index is 0.0346. The highest BCUT2D eigenvalue weighted by Crippen LogP contribution is 2.43. The Balaban J connectivity index is 3.84. The number of phosphoric ester groups is 1. The second-order valence-corrected chi connectivity index (χ2v) is 33.1. The summed E-state index contributed by atoms with van der Waals surface area (Å²) in [5.41, 5.74) is 0. The number of carbonyl (C=O) groups is 2. The second-order valence-electron chi connectivity index (χ2n) is 31.6. The first-order valence-corrected chi connectivity index (χ1v) is 46.2. The number of ether oxygens (including phenoxy) is 2. The molecular weight excluding hydrogens is 1280 g/mol. The summed E-state index contributed by atoms with van der Waals surface area (Å²) in [4.78, 5) is 36.1. The van der Waals surface area contributed by atoms with E-state index >= 15 is 0 Å². The number of phosphoric acid groups is 1. The van der Waals surface area contributed by atoms with Crippen LogP contribution in [-0.2, 0) is 32.7 Å². The predicted octanol–water partition coefficient (Wildman–Crippen LogP) is 30.2. The van der Waals surface area contributed by atoms with Crippen LogP contribution in [0.3, 0.4) is 0 Å². The molecule has 2 unspecified atom stereocenters. The molecule has 1 N–H and O–H groups in total. The molecule has 0 aliphatic carbocycles. The van der Waals surface area contributed by atoms with Gasteiger partial charge in [-0.25, -0.2) is 4.57 Å². The zero-order chi connectivity index (χ0) is 74.0. The van der Waals surface area contributed by atoms with Gasteiger partial charge in [0.2, 0.25) is 0 Å². The minimum atomic E-state index is -4.40. The van der Waals surface area contributed by atoms with Crippen molar-refractivity contribution in [2.75, 3.05) is 47.5 Å². The highest BCUT2D eigenvalue weighted by molar-refractivity contribution is 7.47. The standard InChI is InChI=1S/C92H172NO8P/c1-6-8-10-12-14-16-18-20-22-24-26-28-30-32-34-36-38-40-42-44-45-46-47-49-51-53-55-57-59-61-63-65-67-69-71-73-75-77-79-81-83-85-92(95)101-90(89-100-102(96,97)99-87-86-93(3,4)5)88-98-91(94)84-82-80-78-76-74-72-70-68-66-64-62-60-58-56-54-52-50-48-43-41-39-37-35-33-31-29-27-25-23-21-19-17-15-13-11-9-7-2/h8,10,14,16,19-22,25-28,90H,6-7,9,11-13,15,17-18,23-24,29-89H2,1-5H3/p+1/b10-8-,16-14-,21-19-,22-20-,27-25-,28-26-. The van der Waals surface area contributed by atoms with Crippen LogP contribution in [0.2, 0.25) is 0 Å². The van der Waals surface area contributed by atoms with Gasteiger partial charge in [0, 0.05) is 12.8 Å². The van der Waals surface area contributed by atoms with Crippen molar-refractivity contribution in [3.63, 3.8) is 0 Å². The molecule has 0 aromatic carbocycles. The van der Waals surface area contributed by atoms with Crippen LogP contribution in [0.1, 0.15) is 450 Å². The summed E-state index contributed by atoms with van der Waals surface area (Å²) in [6.07, 6.45) is 114. The molecule has 9 nitrogen and oxygen atoms in total. The fourth-order valence-electron chi connectivity index (χ4n) is 13.5. The van der Waals surface area contributed by atoms with E-state index in [2.05, 4.69) is 86.8 Å². The van der Waals surface area contributed by atoms with Gasteiger partial charge in [-0.3, -0.25) is 18.6 Å². The lowest BCUT2D eigenvalue weighted by molar-refractivity contribution is -0.870. The first-order chi connectivity index (χ1) is 50.0. The van der Waals surface area contributed by atoms with Crippen molar-refractivity contribution >= 4 is 19.8 Å².